The van der Waals surface area contributed by atoms with E-state index in [1.54, 1.807) is 0 Å². The number of sulfone groups is 1. The molecule has 0 saturated carbocycles. The van der Waals surface area contributed by atoms with E-state index in [1.807, 2.05) is 0 Å². The van der Waals surface area contributed by atoms with E-state index in [0.29, 0.717) is 6.26 Å². The Morgan fingerprint density at radius 2 is 2.12 bits per heavy atom. The van der Waals surface area contributed by atoms with Crippen LogP contribution in [0.15, 0.2) is 11.7 Å². The third-order valence-electron chi connectivity index (χ3n) is 0.671. The fourth-order valence-corrected chi connectivity index (χ4v) is 0.567. The van der Waals surface area contributed by atoms with Gasteiger partial charge in [0.25, 0.3) is 0 Å². The summed E-state index contributed by atoms with van der Waals surface area (Å²) in [5, 5.41) is 8.74. The lowest BCUT2D eigenvalue weighted by Crippen LogP contribution is -1.96. The minimum absolute atomic E-state index is 0.0318. The Labute approximate surface area is 48.6 Å². The van der Waals surface area contributed by atoms with Crippen molar-refractivity contribution >= 4 is 9.84 Å². The van der Waals surface area contributed by atoms with Crippen LogP contribution in [-0.4, -0.2) is 19.3 Å². The van der Waals surface area contributed by atoms with Crippen LogP contribution in [0.2, 0.25) is 0 Å². The van der Waals surface area contributed by atoms with Crippen molar-refractivity contribution in [1.29, 1.82) is 0 Å². The van der Waals surface area contributed by atoms with Crippen LogP contribution in [0, 0.1) is 0 Å². The molecule has 0 radical (unpaired) electrons. The summed E-state index contributed by atoms with van der Waals surface area (Å²) in [6.07, 6.45) is 0.527. The van der Waals surface area contributed by atoms with Gasteiger partial charge in [-0.15, -0.1) is 0 Å². The summed E-state index contributed by atoms with van der Waals surface area (Å²) < 4.78 is 20.7. The van der Waals surface area contributed by atoms with Crippen LogP contribution in [0.25, 0.3) is 0 Å². The Hall–Kier alpha value is -0.510. The molecule has 0 rings (SSSR count). The molecule has 0 aromatic rings. The number of aliphatic hydroxyl groups is 1. The number of hydrogen-bond acceptors (Lipinski definition) is 3. The SMILES string of the molecule is CCS(=O)(=O)C=CO. The summed E-state index contributed by atoms with van der Waals surface area (Å²) in [6.45, 7) is 1.51. The maximum absolute atomic E-state index is 10.4. The smallest absolute Gasteiger partial charge is 0.174 e. The van der Waals surface area contributed by atoms with Crippen molar-refractivity contribution in [2.45, 2.75) is 6.92 Å². The second-order valence-corrected chi connectivity index (χ2v) is 3.41. The highest BCUT2D eigenvalue weighted by atomic mass is 32.2. The average molecular weight is 136 g/mol. The van der Waals surface area contributed by atoms with Gasteiger partial charge in [0.05, 0.1) is 17.4 Å². The number of hydrogen-bond donors (Lipinski definition) is 1. The summed E-state index contributed by atoms with van der Waals surface area (Å²) in [6, 6.07) is 0. The minimum Gasteiger partial charge on any atom is -0.515 e. The quantitative estimate of drug-likeness (QED) is 0.561. The van der Waals surface area contributed by atoms with E-state index in [-0.39, 0.29) is 5.75 Å². The molecule has 8 heavy (non-hydrogen) atoms. The summed E-state index contributed by atoms with van der Waals surface area (Å²) in [4.78, 5) is 0. The zero-order valence-corrected chi connectivity index (χ0v) is 5.35. The fourth-order valence-electron chi connectivity index (χ4n) is 0.189. The molecule has 0 bridgehead atoms. The monoisotopic (exact) mass is 136 g/mol. The number of aliphatic hydroxyl groups excluding tert-OH is 1. The Morgan fingerprint density at radius 3 is 2.25 bits per heavy atom. The highest BCUT2D eigenvalue weighted by Crippen LogP contribution is 1.88. The van der Waals surface area contributed by atoms with Gasteiger partial charge in [-0.2, -0.15) is 0 Å². The molecule has 48 valence electrons. The van der Waals surface area contributed by atoms with Crippen LogP contribution in [0.3, 0.4) is 0 Å². The summed E-state index contributed by atoms with van der Waals surface area (Å²) in [5.41, 5.74) is 0. The highest BCUT2D eigenvalue weighted by Gasteiger charge is 1.97. The first-order valence-corrected chi connectivity index (χ1v) is 3.87. The largest absolute Gasteiger partial charge is 0.515 e. The molecule has 1 N–H and O–H groups in total. The maximum Gasteiger partial charge on any atom is 0.174 e. The predicted molar refractivity (Wildman–Crippen MR) is 31.2 cm³/mol. The second-order valence-electron chi connectivity index (χ2n) is 1.24. The third kappa shape index (κ3) is 2.63. The van der Waals surface area contributed by atoms with E-state index in [9.17, 15) is 8.42 Å². The van der Waals surface area contributed by atoms with Crippen molar-refractivity contribution in [2.75, 3.05) is 5.75 Å². The lowest BCUT2D eigenvalue weighted by atomic mass is 11.0. The molecule has 0 fully saturated rings. The van der Waals surface area contributed by atoms with Gasteiger partial charge < -0.3 is 5.11 Å². The molecule has 0 atom stereocenters. The van der Waals surface area contributed by atoms with Crippen LogP contribution in [0.1, 0.15) is 6.92 Å². The van der Waals surface area contributed by atoms with Gasteiger partial charge in [-0.25, -0.2) is 8.42 Å². The zero-order chi connectivity index (χ0) is 6.62. The van der Waals surface area contributed by atoms with E-state index >= 15 is 0 Å². The van der Waals surface area contributed by atoms with Gasteiger partial charge in [0.2, 0.25) is 0 Å². The molecule has 3 nitrogen and oxygen atoms in total. The molecule has 4 heteroatoms. The minimum atomic E-state index is -3.10. The van der Waals surface area contributed by atoms with Crippen molar-refractivity contribution in [2.24, 2.45) is 0 Å². The van der Waals surface area contributed by atoms with Crippen molar-refractivity contribution in [3.05, 3.63) is 11.7 Å². The van der Waals surface area contributed by atoms with Gasteiger partial charge in [-0.05, 0) is 0 Å². The Bertz CT molecular complexity index is 166. The summed E-state index contributed by atoms with van der Waals surface area (Å²) in [5.74, 6) is 0.0318. The Morgan fingerprint density at radius 1 is 1.62 bits per heavy atom. The second kappa shape index (κ2) is 2.71. The molecular formula is C4H8O3S. The van der Waals surface area contributed by atoms with Crippen LogP contribution in [-0.2, 0) is 9.84 Å². The Kier molecular flexibility index (Phi) is 2.54. The normalized spacial score (nSPS) is 12.6. The van der Waals surface area contributed by atoms with E-state index in [0.717, 1.165) is 5.41 Å². The molecule has 0 aliphatic carbocycles. The third-order valence-corrected chi connectivity index (χ3v) is 2.01. The standard InChI is InChI=1S/C4H8O3S/c1-2-8(6,7)4-3-5/h3-5H,2H2,1H3. The zero-order valence-electron chi connectivity index (χ0n) is 4.53. The van der Waals surface area contributed by atoms with Crippen LogP contribution >= 0.6 is 0 Å². The lowest BCUT2D eigenvalue weighted by Gasteiger charge is -1.85. The van der Waals surface area contributed by atoms with E-state index in [1.165, 1.54) is 6.92 Å². The fraction of sp³-hybridized carbons (Fsp3) is 0.500. The van der Waals surface area contributed by atoms with E-state index < -0.39 is 9.84 Å². The van der Waals surface area contributed by atoms with Gasteiger partial charge in [0, 0.05) is 0 Å². The molecule has 0 saturated heterocycles. The van der Waals surface area contributed by atoms with E-state index in [2.05, 4.69) is 0 Å². The first-order chi connectivity index (χ1) is 3.62. The maximum atomic E-state index is 10.4. The van der Waals surface area contributed by atoms with Gasteiger partial charge in [-0.1, -0.05) is 6.92 Å². The van der Waals surface area contributed by atoms with Crippen molar-refractivity contribution in [1.82, 2.24) is 0 Å². The highest BCUT2D eigenvalue weighted by molar-refractivity contribution is 7.94. The molecule has 0 aliphatic rings. The van der Waals surface area contributed by atoms with Crippen LogP contribution in [0.4, 0.5) is 0 Å². The molecule has 0 aromatic carbocycles. The van der Waals surface area contributed by atoms with Crippen molar-refractivity contribution in [3.63, 3.8) is 0 Å². The first-order valence-electron chi connectivity index (χ1n) is 2.16. The lowest BCUT2D eigenvalue weighted by molar-refractivity contribution is 0.474. The molecule has 0 heterocycles. The van der Waals surface area contributed by atoms with Crippen molar-refractivity contribution < 1.29 is 13.5 Å². The molecule has 0 spiro atoms. The molecule has 0 amide bonds. The first kappa shape index (κ1) is 7.49. The molecular weight excluding hydrogens is 128 g/mol. The van der Waals surface area contributed by atoms with Crippen molar-refractivity contribution in [3.8, 4) is 0 Å². The predicted octanol–water partition coefficient (Wildman–Crippen LogP) is 0.450. The van der Waals surface area contributed by atoms with Crippen LogP contribution in [0.5, 0.6) is 0 Å². The Balaban J connectivity index is 4.17. The molecule has 0 aliphatic heterocycles. The van der Waals surface area contributed by atoms with Gasteiger partial charge in [0.1, 0.15) is 0 Å². The summed E-state index contributed by atoms with van der Waals surface area (Å²) in [7, 11) is -3.10. The summed E-state index contributed by atoms with van der Waals surface area (Å²) >= 11 is 0. The molecule has 0 aromatic heterocycles. The number of rotatable bonds is 2. The van der Waals surface area contributed by atoms with Gasteiger partial charge in [-0.3, -0.25) is 0 Å². The van der Waals surface area contributed by atoms with Gasteiger partial charge >= 0.3 is 0 Å². The van der Waals surface area contributed by atoms with E-state index in [4.69, 9.17) is 5.11 Å². The topological polar surface area (TPSA) is 54.4 Å². The average Bonchev–Trinajstić information content (AvgIpc) is 1.67. The van der Waals surface area contributed by atoms with Crippen LogP contribution < -0.4 is 0 Å². The van der Waals surface area contributed by atoms with Gasteiger partial charge in [0.15, 0.2) is 9.84 Å². The molecule has 0 unspecified atom stereocenters.